The Hall–Kier alpha value is -1.18. The van der Waals surface area contributed by atoms with Gasteiger partial charge in [0.25, 0.3) is 0 Å². The smallest absolute Gasteiger partial charge is 0.0392 e. The monoisotopic (exact) mass is 220 g/mol. The highest BCUT2D eigenvalue weighted by molar-refractivity contribution is 5.60. The molecule has 1 aromatic rings. The van der Waals surface area contributed by atoms with Crippen molar-refractivity contribution in [2.75, 3.05) is 24.3 Å². The Balaban J connectivity index is 2.73. The van der Waals surface area contributed by atoms with Crippen LogP contribution in [0.2, 0.25) is 0 Å². The Morgan fingerprint density at radius 2 is 2.00 bits per heavy atom. The molecule has 0 aliphatic rings. The number of anilines is 2. The zero-order valence-electron chi connectivity index (χ0n) is 11.2. The second-order valence-electron chi connectivity index (χ2n) is 4.73. The third kappa shape index (κ3) is 3.44. The van der Waals surface area contributed by atoms with Crippen LogP contribution in [0.1, 0.15) is 32.3 Å². The summed E-state index contributed by atoms with van der Waals surface area (Å²) in [6.45, 7) is 6.61. The van der Waals surface area contributed by atoms with Gasteiger partial charge in [0.05, 0.1) is 0 Å². The topological polar surface area (TPSA) is 15.3 Å². The van der Waals surface area contributed by atoms with Gasteiger partial charge in [-0.25, -0.2) is 0 Å². The summed E-state index contributed by atoms with van der Waals surface area (Å²) in [4.78, 5) is 2.15. The predicted octanol–water partition coefficient (Wildman–Crippen LogP) is 3.66. The Bertz CT molecular complexity index is 332. The molecular formula is C14H24N2. The van der Waals surface area contributed by atoms with E-state index in [-0.39, 0.29) is 0 Å². The third-order valence-electron chi connectivity index (χ3n) is 2.81. The summed E-state index contributed by atoms with van der Waals surface area (Å²) in [5.74, 6) is 0. The van der Waals surface area contributed by atoms with E-state index in [1.54, 1.807) is 0 Å². The maximum Gasteiger partial charge on any atom is 0.0392 e. The average Bonchev–Trinajstić information content (AvgIpc) is 2.17. The minimum absolute atomic E-state index is 0.551. The van der Waals surface area contributed by atoms with Crippen molar-refractivity contribution >= 4 is 11.4 Å². The van der Waals surface area contributed by atoms with Crippen LogP contribution in [0.25, 0.3) is 0 Å². The standard InChI is InChI=1S/C14H24N2/c1-6-7-12(3)15-13-8-9-14(16(4)5)11(2)10-13/h8-10,12,15H,6-7H2,1-5H3. The zero-order valence-corrected chi connectivity index (χ0v) is 11.2. The fourth-order valence-electron chi connectivity index (χ4n) is 2.04. The van der Waals surface area contributed by atoms with Gasteiger partial charge in [-0.2, -0.15) is 0 Å². The van der Waals surface area contributed by atoms with E-state index in [0.29, 0.717) is 6.04 Å². The summed E-state index contributed by atoms with van der Waals surface area (Å²) < 4.78 is 0. The quantitative estimate of drug-likeness (QED) is 0.814. The van der Waals surface area contributed by atoms with E-state index < -0.39 is 0 Å². The van der Waals surface area contributed by atoms with Crippen LogP contribution in [0.15, 0.2) is 18.2 Å². The van der Waals surface area contributed by atoms with Crippen LogP contribution in [-0.4, -0.2) is 20.1 Å². The van der Waals surface area contributed by atoms with Crippen molar-refractivity contribution in [1.82, 2.24) is 0 Å². The molecule has 16 heavy (non-hydrogen) atoms. The Labute approximate surface area is 99.7 Å². The van der Waals surface area contributed by atoms with Crippen molar-refractivity contribution in [2.45, 2.75) is 39.7 Å². The first-order chi connectivity index (χ1) is 7.54. The predicted molar refractivity (Wildman–Crippen MR) is 73.5 cm³/mol. The zero-order chi connectivity index (χ0) is 12.1. The average molecular weight is 220 g/mol. The molecule has 1 aromatic carbocycles. The molecule has 1 atom stereocenters. The van der Waals surface area contributed by atoms with Gasteiger partial charge in [-0.05, 0) is 44.0 Å². The Morgan fingerprint density at radius 3 is 2.50 bits per heavy atom. The molecule has 0 saturated heterocycles. The van der Waals surface area contributed by atoms with Gasteiger partial charge < -0.3 is 10.2 Å². The molecule has 0 spiro atoms. The molecule has 2 nitrogen and oxygen atoms in total. The van der Waals surface area contributed by atoms with Gasteiger partial charge in [0.2, 0.25) is 0 Å². The molecule has 0 heterocycles. The second-order valence-corrected chi connectivity index (χ2v) is 4.73. The number of hydrogen-bond acceptors (Lipinski definition) is 2. The first kappa shape index (κ1) is 12.9. The summed E-state index contributed by atoms with van der Waals surface area (Å²) in [5.41, 5.74) is 3.83. The third-order valence-corrected chi connectivity index (χ3v) is 2.81. The molecule has 1 N–H and O–H groups in total. The summed E-state index contributed by atoms with van der Waals surface area (Å²) in [5, 5.41) is 3.53. The number of hydrogen-bond donors (Lipinski definition) is 1. The number of nitrogens with one attached hydrogen (secondary N) is 1. The fraction of sp³-hybridized carbons (Fsp3) is 0.571. The molecule has 0 aromatic heterocycles. The first-order valence-electron chi connectivity index (χ1n) is 6.09. The van der Waals surface area contributed by atoms with E-state index in [2.05, 4.69) is 63.3 Å². The number of rotatable bonds is 5. The van der Waals surface area contributed by atoms with Crippen LogP contribution < -0.4 is 10.2 Å². The van der Waals surface area contributed by atoms with E-state index in [4.69, 9.17) is 0 Å². The lowest BCUT2D eigenvalue weighted by atomic mass is 10.1. The van der Waals surface area contributed by atoms with Crippen molar-refractivity contribution < 1.29 is 0 Å². The molecule has 1 rings (SSSR count). The van der Waals surface area contributed by atoms with Crippen LogP contribution in [0.5, 0.6) is 0 Å². The molecule has 2 heteroatoms. The molecule has 0 aliphatic heterocycles. The molecule has 1 unspecified atom stereocenters. The Kier molecular flexibility index (Phi) is 4.66. The van der Waals surface area contributed by atoms with Crippen molar-refractivity contribution in [3.05, 3.63) is 23.8 Å². The van der Waals surface area contributed by atoms with Crippen molar-refractivity contribution in [3.8, 4) is 0 Å². The maximum atomic E-state index is 3.53. The van der Waals surface area contributed by atoms with Gasteiger partial charge in [-0.15, -0.1) is 0 Å². The van der Waals surface area contributed by atoms with Crippen LogP contribution >= 0.6 is 0 Å². The number of nitrogens with zero attached hydrogens (tertiary/aromatic N) is 1. The minimum Gasteiger partial charge on any atom is -0.383 e. The van der Waals surface area contributed by atoms with Gasteiger partial charge in [0.15, 0.2) is 0 Å². The van der Waals surface area contributed by atoms with Crippen LogP contribution in [0.4, 0.5) is 11.4 Å². The summed E-state index contributed by atoms with van der Waals surface area (Å²) in [6, 6.07) is 7.11. The van der Waals surface area contributed by atoms with Crippen molar-refractivity contribution in [2.24, 2.45) is 0 Å². The fourth-order valence-corrected chi connectivity index (χ4v) is 2.04. The first-order valence-corrected chi connectivity index (χ1v) is 6.09. The SMILES string of the molecule is CCCC(C)Nc1ccc(N(C)C)c(C)c1. The normalized spacial score (nSPS) is 12.3. The van der Waals surface area contributed by atoms with Crippen molar-refractivity contribution in [1.29, 1.82) is 0 Å². The second kappa shape index (κ2) is 5.78. The van der Waals surface area contributed by atoms with E-state index in [1.165, 1.54) is 29.8 Å². The van der Waals surface area contributed by atoms with Crippen LogP contribution in [-0.2, 0) is 0 Å². The van der Waals surface area contributed by atoms with Crippen LogP contribution in [0, 0.1) is 6.92 Å². The van der Waals surface area contributed by atoms with Crippen molar-refractivity contribution in [3.63, 3.8) is 0 Å². The highest BCUT2D eigenvalue weighted by atomic mass is 15.1. The molecule has 0 saturated carbocycles. The minimum atomic E-state index is 0.551. The van der Waals surface area contributed by atoms with Gasteiger partial charge in [-0.1, -0.05) is 13.3 Å². The summed E-state index contributed by atoms with van der Waals surface area (Å²) in [6.07, 6.45) is 2.44. The molecule has 0 radical (unpaired) electrons. The lowest BCUT2D eigenvalue weighted by molar-refractivity contribution is 0.690. The molecule has 90 valence electrons. The largest absolute Gasteiger partial charge is 0.383 e. The van der Waals surface area contributed by atoms with Gasteiger partial charge in [0, 0.05) is 31.5 Å². The lowest BCUT2D eigenvalue weighted by Gasteiger charge is -2.19. The molecule has 0 fully saturated rings. The lowest BCUT2D eigenvalue weighted by Crippen LogP contribution is -2.15. The molecule has 0 amide bonds. The highest BCUT2D eigenvalue weighted by Gasteiger charge is 2.04. The van der Waals surface area contributed by atoms with E-state index in [9.17, 15) is 0 Å². The van der Waals surface area contributed by atoms with Gasteiger partial charge >= 0.3 is 0 Å². The number of benzene rings is 1. The number of aryl methyl sites for hydroxylation is 1. The van der Waals surface area contributed by atoms with E-state index >= 15 is 0 Å². The highest BCUT2D eigenvalue weighted by Crippen LogP contribution is 2.22. The van der Waals surface area contributed by atoms with E-state index in [0.717, 1.165) is 0 Å². The molecule has 0 bridgehead atoms. The molecular weight excluding hydrogens is 196 g/mol. The summed E-state index contributed by atoms with van der Waals surface area (Å²) >= 11 is 0. The van der Waals surface area contributed by atoms with Crippen LogP contribution in [0.3, 0.4) is 0 Å². The Morgan fingerprint density at radius 1 is 1.31 bits per heavy atom. The summed E-state index contributed by atoms with van der Waals surface area (Å²) in [7, 11) is 4.16. The van der Waals surface area contributed by atoms with Gasteiger partial charge in [0.1, 0.15) is 0 Å². The van der Waals surface area contributed by atoms with Gasteiger partial charge in [-0.3, -0.25) is 0 Å². The maximum absolute atomic E-state index is 3.53. The van der Waals surface area contributed by atoms with E-state index in [1.807, 2.05) is 0 Å². The molecule has 0 aliphatic carbocycles.